The Kier molecular flexibility index (Phi) is 4.00. The van der Waals surface area contributed by atoms with Gasteiger partial charge in [-0.05, 0) is 19.9 Å². The molecule has 1 rings (SSSR count). The fourth-order valence-corrected chi connectivity index (χ4v) is 2.09. The molecular weight excluding hydrogens is 207 g/mol. The van der Waals surface area contributed by atoms with Crippen LogP contribution in [0, 0.1) is 0 Å². The van der Waals surface area contributed by atoms with Crippen LogP contribution in [-0.2, 0) is 0 Å². The van der Waals surface area contributed by atoms with Crippen LogP contribution in [-0.4, -0.2) is 41.9 Å². The van der Waals surface area contributed by atoms with Gasteiger partial charge in [0.25, 0.3) is 0 Å². The van der Waals surface area contributed by atoms with E-state index in [2.05, 4.69) is 0 Å². The van der Waals surface area contributed by atoms with Gasteiger partial charge in [-0.3, -0.25) is 0 Å². The number of rotatable bonds is 4. The van der Waals surface area contributed by atoms with E-state index in [1.54, 1.807) is 11.9 Å². The Bertz CT molecular complexity index is 199. The Hall–Kier alpha value is -0.290. The number of aliphatic hydroxyl groups is 1. The highest BCUT2D eigenvalue weighted by atomic mass is 19.4. The van der Waals surface area contributed by atoms with E-state index in [9.17, 15) is 18.3 Å². The number of halogens is 3. The van der Waals surface area contributed by atoms with Crippen molar-refractivity contribution in [1.82, 2.24) is 4.90 Å². The first-order chi connectivity index (χ1) is 6.81. The molecule has 0 bridgehead atoms. The molecule has 0 atom stereocenters. The molecule has 0 aromatic carbocycles. The van der Waals surface area contributed by atoms with Crippen LogP contribution in [0.2, 0.25) is 0 Å². The third-order valence-corrected chi connectivity index (χ3v) is 2.88. The lowest BCUT2D eigenvalue weighted by atomic mass is 10.0. The first-order valence-electron chi connectivity index (χ1n) is 5.28. The molecule has 5 heteroatoms. The number of hydrogen-bond donors (Lipinski definition) is 1. The van der Waals surface area contributed by atoms with Gasteiger partial charge in [-0.2, -0.15) is 13.2 Å². The molecule has 0 aromatic heterocycles. The van der Waals surface area contributed by atoms with Crippen molar-refractivity contribution in [1.29, 1.82) is 0 Å². The average Bonchev–Trinajstić information content (AvgIpc) is 2.47. The predicted octanol–water partition coefficient (Wildman–Crippen LogP) is 2.18. The van der Waals surface area contributed by atoms with Gasteiger partial charge < -0.3 is 10.0 Å². The maximum Gasteiger partial charge on any atom is 0.390 e. The van der Waals surface area contributed by atoms with Crippen molar-refractivity contribution in [3.63, 3.8) is 0 Å². The molecule has 0 aliphatic heterocycles. The standard InChI is InChI=1S/C10H18F3NO/c1-14(7-6-10(11,12)13)8-9(15)4-2-3-5-9/h15H,2-8H2,1H3. The van der Waals surface area contributed by atoms with Gasteiger partial charge in [0.15, 0.2) is 0 Å². The van der Waals surface area contributed by atoms with Crippen molar-refractivity contribution in [2.24, 2.45) is 0 Å². The molecule has 1 saturated carbocycles. The topological polar surface area (TPSA) is 23.5 Å². The van der Waals surface area contributed by atoms with E-state index < -0.39 is 18.2 Å². The number of likely N-dealkylation sites (N-methyl/N-ethyl adjacent to an activating group) is 1. The van der Waals surface area contributed by atoms with Crippen LogP contribution in [0.15, 0.2) is 0 Å². The highest BCUT2D eigenvalue weighted by Gasteiger charge is 2.33. The van der Waals surface area contributed by atoms with E-state index in [4.69, 9.17) is 0 Å². The third kappa shape index (κ3) is 4.84. The Morgan fingerprint density at radius 3 is 2.27 bits per heavy atom. The van der Waals surface area contributed by atoms with Crippen LogP contribution in [0.5, 0.6) is 0 Å². The molecular formula is C10H18F3NO. The van der Waals surface area contributed by atoms with Crippen LogP contribution >= 0.6 is 0 Å². The van der Waals surface area contributed by atoms with E-state index in [-0.39, 0.29) is 6.54 Å². The fourth-order valence-electron chi connectivity index (χ4n) is 2.09. The first kappa shape index (κ1) is 12.8. The SMILES string of the molecule is CN(CCC(F)(F)F)CC1(O)CCCC1. The zero-order valence-corrected chi connectivity index (χ0v) is 8.98. The van der Waals surface area contributed by atoms with Crippen LogP contribution in [0.3, 0.4) is 0 Å². The van der Waals surface area contributed by atoms with Gasteiger partial charge >= 0.3 is 6.18 Å². The van der Waals surface area contributed by atoms with Crippen molar-refractivity contribution in [2.75, 3.05) is 20.1 Å². The van der Waals surface area contributed by atoms with Gasteiger partial charge in [0.2, 0.25) is 0 Å². The minimum Gasteiger partial charge on any atom is -0.389 e. The van der Waals surface area contributed by atoms with Gasteiger partial charge in [-0.25, -0.2) is 0 Å². The number of nitrogens with zero attached hydrogens (tertiary/aromatic N) is 1. The van der Waals surface area contributed by atoms with Crippen molar-refractivity contribution < 1.29 is 18.3 Å². The Morgan fingerprint density at radius 1 is 1.27 bits per heavy atom. The Balaban J connectivity index is 2.26. The van der Waals surface area contributed by atoms with Gasteiger partial charge in [0.1, 0.15) is 0 Å². The summed E-state index contributed by atoms with van der Waals surface area (Å²) >= 11 is 0. The van der Waals surface area contributed by atoms with Gasteiger partial charge in [-0.15, -0.1) is 0 Å². The summed E-state index contributed by atoms with van der Waals surface area (Å²) in [6.45, 7) is 0.314. The van der Waals surface area contributed by atoms with E-state index in [1.807, 2.05) is 0 Å². The summed E-state index contributed by atoms with van der Waals surface area (Å²) in [7, 11) is 1.63. The van der Waals surface area contributed by atoms with Crippen LogP contribution in [0.1, 0.15) is 32.1 Å². The summed E-state index contributed by atoms with van der Waals surface area (Å²) in [5.41, 5.74) is -0.750. The molecule has 90 valence electrons. The highest BCUT2D eigenvalue weighted by molar-refractivity contribution is 4.86. The lowest BCUT2D eigenvalue weighted by molar-refractivity contribution is -0.138. The van der Waals surface area contributed by atoms with Crippen LogP contribution in [0.25, 0.3) is 0 Å². The number of hydrogen-bond acceptors (Lipinski definition) is 2. The van der Waals surface area contributed by atoms with E-state index in [0.717, 1.165) is 12.8 Å². The summed E-state index contributed by atoms with van der Waals surface area (Å²) in [5, 5.41) is 9.97. The zero-order valence-electron chi connectivity index (χ0n) is 8.98. The Morgan fingerprint density at radius 2 is 1.80 bits per heavy atom. The number of alkyl halides is 3. The molecule has 1 aliphatic carbocycles. The van der Waals surface area contributed by atoms with Gasteiger partial charge in [-0.1, -0.05) is 12.8 Å². The molecule has 0 spiro atoms. The second-order valence-corrected chi connectivity index (χ2v) is 4.53. The summed E-state index contributed by atoms with van der Waals surface area (Å²) in [5.74, 6) is 0. The monoisotopic (exact) mass is 225 g/mol. The molecule has 0 saturated heterocycles. The average molecular weight is 225 g/mol. The van der Waals surface area contributed by atoms with Gasteiger partial charge in [0, 0.05) is 13.1 Å². The lowest BCUT2D eigenvalue weighted by Gasteiger charge is -2.28. The second kappa shape index (κ2) is 4.70. The first-order valence-corrected chi connectivity index (χ1v) is 5.28. The minimum atomic E-state index is -4.10. The zero-order chi connectivity index (χ0) is 11.5. The molecule has 1 aliphatic rings. The van der Waals surface area contributed by atoms with Crippen molar-refractivity contribution in [2.45, 2.75) is 43.9 Å². The van der Waals surface area contributed by atoms with Crippen molar-refractivity contribution >= 4 is 0 Å². The summed E-state index contributed by atoms with van der Waals surface area (Å²) in [6, 6.07) is 0. The van der Waals surface area contributed by atoms with E-state index >= 15 is 0 Å². The highest BCUT2D eigenvalue weighted by Crippen LogP contribution is 2.30. The largest absolute Gasteiger partial charge is 0.390 e. The molecule has 1 fully saturated rings. The molecule has 1 N–H and O–H groups in total. The van der Waals surface area contributed by atoms with Crippen molar-refractivity contribution in [3.8, 4) is 0 Å². The van der Waals surface area contributed by atoms with E-state index in [0.29, 0.717) is 19.4 Å². The molecule has 0 amide bonds. The second-order valence-electron chi connectivity index (χ2n) is 4.53. The molecule has 15 heavy (non-hydrogen) atoms. The lowest BCUT2D eigenvalue weighted by Crippen LogP contribution is -2.40. The fraction of sp³-hybridized carbons (Fsp3) is 1.00. The summed E-state index contributed by atoms with van der Waals surface area (Å²) < 4.78 is 35.8. The molecule has 0 heterocycles. The minimum absolute atomic E-state index is 0.0359. The predicted molar refractivity (Wildman–Crippen MR) is 51.6 cm³/mol. The summed E-state index contributed by atoms with van der Waals surface area (Å²) in [6.07, 6.45) is -1.54. The van der Waals surface area contributed by atoms with Crippen LogP contribution in [0.4, 0.5) is 13.2 Å². The maximum atomic E-state index is 11.9. The molecule has 2 nitrogen and oxygen atoms in total. The Labute approximate surface area is 88.1 Å². The normalized spacial score (nSPS) is 21.2. The molecule has 0 radical (unpaired) electrons. The molecule has 0 unspecified atom stereocenters. The summed E-state index contributed by atoms with van der Waals surface area (Å²) in [4.78, 5) is 1.57. The van der Waals surface area contributed by atoms with Crippen LogP contribution < -0.4 is 0 Å². The smallest absolute Gasteiger partial charge is 0.389 e. The van der Waals surface area contributed by atoms with E-state index in [1.165, 1.54) is 0 Å². The van der Waals surface area contributed by atoms with Gasteiger partial charge in [0.05, 0.1) is 12.0 Å². The third-order valence-electron chi connectivity index (χ3n) is 2.88. The van der Waals surface area contributed by atoms with Crippen molar-refractivity contribution in [3.05, 3.63) is 0 Å². The maximum absolute atomic E-state index is 11.9. The molecule has 0 aromatic rings. The quantitative estimate of drug-likeness (QED) is 0.792.